The minimum absolute atomic E-state index is 0.0785. The lowest BCUT2D eigenvalue weighted by Gasteiger charge is -2.07. The fourth-order valence-corrected chi connectivity index (χ4v) is 0.838. The molecule has 0 unspecified atom stereocenters. The Morgan fingerprint density at radius 1 is 1.50 bits per heavy atom. The molecule has 0 aromatic heterocycles. The van der Waals surface area contributed by atoms with Crippen LogP contribution in [0.4, 0.5) is 0 Å². The van der Waals surface area contributed by atoms with Gasteiger partial charge < -0.3 is 10.1 Å². The van der Waals surface area contributed by atoms with Gasteiger partial charge in [0.05, 0.1) is 6.10 Å². The van der Waals surface area contributed by atoms with Gasteiger partial charge in [-0.1, -0.05) is 6.58 Å². The van der Waals surface area contributed by atoms with Crippen LogP contribution in [-0.2, 0) is 14.3 Å². The average Bonchev–Trinajstić information content (AvgIpc) is 2.10. The van der Waals surface area contributed by atoms with E-state index < -0.39 is 0 Å². The minimum Gasteiger partial charge on any atom is -0.463 e. The number of nitrogens with one attached hydrogen (secondary N) is 1. The molecule has 0 radical (unpaired) electrons. The summed E-state index contributed by atoms with van der Waals surface area (Å²) in [5.74, 6) is -0.449. The Bertz CT molecular complexity index is 211. The topological polar surface area (TPSA) is 55.4 Å². The highest BCUT2D eigenvalue weighted by Gasteiger charge is 2.04. The normalized spacial score (nSPS) is 9.64. The van der Waals surface area contributed by atoms with Crippen molar-refractivity contribution in [3.05, 3.63) is 12.7 Å². The number of carbonyl (C=O) groups excluding carboxylic acids is 2. The largest absolute Gasteiger partial charge is 0.463 e. The van der Waals surface area contributed by atoms with Gasteiger partial charge in [0.15, 0.2) is 0 Å². The second-order valence-electron chi connectivity index (χ2n) is 3.14. The first-order chi connectivity index (χ1) is 6.56. The summed E-state index contributed by atoms with van der Waals surface area (Å²) >= 11 is 0. The summed E-state index contributed by atoms with van der Waals surface area (Å²) < 4.78 is 4.91. The lowest BCUT2D eigenvalue weighted by atomic mass is 10.3. The monoisotopic (exact) mass is 199 g/mol. The van der Waals surface area contributed by atoms with Gasteiger partial charge >= 0.3 is 5.97 Å². The summed E-state index contributed by atoms with van der Waals surface area (Å²) in [5, 5.41) is 2.58. The first-order valence-corrected chi connectivity index (χ1v) is 4.66. The molecule has 0 fully saturated rings. The van der Waals surface area contributed by atoms with E-state index in [0.717, 1.165) is 0 Å². The van der Waals surface area contributed by atoms with Crippen LogP contribution in [0.2, 0.25) is 0 Å². The SMILES string of the molecule is C=CC(=O)NCCCC(=O)OC(C)C. The molecule has 0 saturated heterocycles. The van der Waals surface area contributed by atoms with E-state index in [0.29, 0.717) is 19.4 Å². The summed E-state index contributed by atoms with van der Waals surface area (Å²) in [6.45, 7) is 7.39. The summed E-state index contributed by atoms with van der Waals surface area (Å²) in [4.78, 5) is 21.7. The Morgan fingerprint density at radius 2 is 2.14 bits per heavy atom. The predicted molar refractivity (Wildman–Crippen MR) is 53.7 cm³/mol. The van der Waals surface area contributed by atoms with Crippen LogP contribution in [0.25, 0.3) is 0 Å². The molecule has 0 spiro atoms. The van der Waals surface area contributed by atoms with E-state index in [1.165, 1.54) is 6.08 Å². The quantitative estimate of drug-likeness (QED) is 0.395. The summed E-state index contributed by atoms with van der Waals surface area (Å²) in [7, 11) is 0. The van der Waals surface area contributed by atoms with Gasteiger partial charge in [-0.3, -0.25) is 9.59 Å². The lowest BCUT2D eigenvalue weighted by Crippen LogP contribution is -2.23. The van der Waals surface area contributed by atoms with E-state index in [1.54, 1.807) is 13.8 Å². The highest BCUT2D eigenvalue weighted by atomic mass is 16.5. The molecule has 0 rings (SSSR count). The van der Waals surface area contributed by atoms with E-state index in [4.69, 9.17) is 4.74 Å². The molecule has 0 atom stereocenters. The Hall–Kier alpha value is -1.32. The second-order valence-corrected chi connectivity index (χ2v) is 3.14. The lowest BCUT2D eigenvalue weighted by molar-refractivity contribution is -0.147. The molecule has 0 aromatic carbocycles. The van der Waals surface area contributed by atoms with Crippen molar-refractivity contribution in [2.45, 2.75) is 32.8 Å². The molecule has 0 heterocycles. The Labute approximate surface area is 84.3 Å². The van der Waals surface area contributed by atoms with Gasteiger partial charge in [-0.15, -0.1) is 0 Å². The highest BCUT2D eigenvalue weighted by Crippen LogP contribution is 1.95. The molecular formula is C10H17NO3. The molecule has 1 amide bonds. The number of ether oxygens (including phenoxy) is 1. The van der Waals surface area contributed by atoms with E-state index in [2.05, 4.69) is 11.9 Å². The van der Waals surface area contributed by atoms with Gasteiger partial charge in [0, 0.05) is 13.0 Å². The van der Waals surface area contributed by atoms with Crippen LogP contribution < -0.4 is 5.32 Å². The van der Waals surface area contributed by atoms with E-state index in [9.17, 15) is 9.59 Å². The number of esters is 1. The molecule has 14 heavy (non-hydrogen) atoms. The molecule has 1 N–H and O–H groups in total. The van der Waals surface area contributed by atoms with E-state index in [1.807, 2.05) is 0 Å². The van der Waals surface area contributed by atoms with Crippen LogP contribution in [-0.4, -0.2) is 24.5 Å². The Morgan fingerprint density at radius 3 is 2.64 bits per heavy atom. The summed E-state index contributed by atoms with van der Waals surface area (Å²) in [6, 6.07) is 0. The average molecular weight is 199 g/mol. The molecule has 4 nitrogen and oxygen atoms in total. The van der Waals surface area contributed by atoms with Crippen LogP contribution in [0.1, 0.15) is 26.7 Å². The van der Waals surface area contributed by atoms with Crippen LogP contribution in [0.5, 0.6) is 0 Å². The third-order valence-corrected chi connectivity index (χ3v) is 1.41. The number of hydrogen-bond donors (Lipinski definition) is 1. The molecule has 0 saturated carbocycles. The fraction of sp³-hybridized carbons (Fsp3) is 0.600. The van der Waals surface area contributed by atoms with Gasteiger partial charge in [-0.05, 0) is 26.3 Å². The van der Waals surface area contributed by atoms with Gasteiger partial charge in [-0.2, -0.15) is 0 Å². The van der Waals surface area contributed by atoms with Crippen molar-refractivity contribution in [3.8, 4) is 0 Å². The summed E-state index contributed by atoms with van der Waals surface area (Å²) in [5.41, 5.74) is 0. The molecule has 80 valence electrons. The smallest absolute Gasteiger partial charge is 0.306 e. The van der Waals surface area contributed by atoms with Crippen LogP contribution in [0.3, 0.4) is 0 Å². The molecular weight excluding hydrogens is 182 g/mol. The van der Waals surface area contributed by atoms with E-state index >= 15 is 0 Å². The number of hydrogen-bond acceptors (Lipinski definition) is 3. The summed E-state index contributed by atoms with van der Waals surface area (Å²) in [6.07, 6.45) is 2.04. The zero-order valence-electron chi connectivity index (χ0n) is 8.71. The first-order valence-electron chi connectivity index (χ1n) is 4.66. The standard InChI is InChI=1S/C10H17NO3/c1-4-9(12)11-7-5-6-10(13)14-8(2)3/h4,8H,1,5-7H2,2-3H3,(H,11,12). The van der Waals surface area contributed by atoms with Crippen molar-refractivity contribution in [1.29, 1.82) is 0 Å². The maximum Gasteiger partial charge on any atom is 0.306 e. The molecule has 0 aliphatic carbocycles. The van der Waals surface area contributed by atoms with Crippen molar-refractivity contribution in [2.24, 2.45) is 0 Å². The molecule has 0 aliphatic rings. The molecule has 4 heteroatoms. The van der Waals surface area contributed by atoms with Crippen LogP contribution >= 0.6 is 0 Å². The highest BCUT2D eigenvalue weighted by molar-refractivity contribution is 5.86. The third-order valence-electron chi connectivity index (χ3n) is 1.41. The fourth-order valence-electron chi connectivity index (χ4n) is 0.838. The third kappa shape index (κ3) is 7.34. The molecule has 0 aliphatic heterocycles. The second kappa shape index (κ2) is 7.12. The van der Waals surface area contributed by atoms with Crippen molar-refractivity contribution in [1.82, 2.24) is 5.32 Å². The minimum atomic E-state index is -0.229. The van der Waals surface area contributed by atoms with Crippen molar-refractivity contribution in [3.63, 3.8) is 0 Å². The van der Waals surface area contributed by atoms with Gasteiger partial charge in [0.25, 0.3) is 0 Å². The Balaban J connectivity index is 3.40. The number of amides is 1. The number of carbonyl (C=O) groups is 2. The zero-order valence-corrected chi connectivity index (χ0v) is 8.71. The van der Waals surface area contributed by atoms with Crippen molar-refractivity contribution >= 4 is 11.9 Å². The Kier molecular flexibility index (Phi) is 6.45. The van der Waals surface area contributed by atoms with Crippen LogP contribution in [0, 0.1) is 0 Å². The zero-order chi connectivity index (χ0) is 11.0. The predicted octanol–water partition coefficient (Wildman–Crippen LogP) is 1.02. The van der Waals surface area contributed by atoms with Crippen molar-refractivity contribution < 1.29 is 14.3 Å². The van der Waals surface area contributed by atoms with Gasteiger partial charge in [-0.25, -0.2) is 0 Å². The number of rotatable bonds is 6. The molecule has 0 aromatic rings. The van der Waals surface area contributed by atoms with Gasteiger partial charge in [0.2, 0.25) is 5.91 Å². The van der Waals surface area contributed by atoms with Gasteiger partial charge in [0.1, 0.15) is 0 Å². The molecule has 0 bridgehead atoms. The van der Waals surface area contributed by atoms with E-state index in [-0.39, 0.29) is 18.0 Å². The van der Waals surface area contributed by atoms with Crippen LogP contribution in [0.15, 0.2) is 12.7 Å². The first kappa shape index (κ1) is 12.7. The van der Waals surface area contributed by atoms with Crippen molar-refractivity contribution in [2.75, 3.05) is 6.54 Å². The maximum atomic E-state index is 11.0. The maximum absolute atomic E-state index is 11.0.